The Hall–Kier alpha value is -0.650. The molecule has 4 nitrogen and oxygen atoms in total. The number of piperazine rings is 1. The van der Waals surface area contributed by atoms with Crippen molar-refractivity contribution < 1.29 is 0 Å². The van der Waals surface area contributed by atoms with Gasteiger partial charge < -0.3 is 10.2 Å². The molecular weight excluding hydrogens is 268 g/mol. The van der Waals surface area contributed by atoms with Crippen LogP contribution < -0.4 is 10.2 Å². The summed E-state index contributed by atoms with van der Waals surface area (Å²) in [5.41, 5.74) is 0.222. The van der Waals surface area contributed by atoms with E-state index < -0.39 is 0 Å². The SMILES string of the molecule is CC(C)CNCc1cnc(N2CCN(C)C(C)(C)C2)s1. The Morgan fingerprint density at radius 3 is 2.80 bits per heavy atom. The van der Waals surface area contributed by atoms with Gasteiger partial charge in [0.25, 0.3) is 0 Å². The highest BCUT2D eigenvalue weighted by Gasteiger charge is 2.32. The van der Waals surface area contributed by atoms with Crippen molar-refractivity contribution in [3.8, 4) is 0 Å². The van der Waals surface area contributed by atoms with Crippen LogP contribution in [0.2, 0.25) is 0 Å². The molecule has 0 bridgehead atoms. The van der Waals surface area contributed by atoms with Crippen molar-refractivity contribution in [2.24, 2.45) is 5.92 Å². The molecule has 2 rings (SSSR count). The highest BCUT2D eigenvalue weighted by molar-refractivity contribution is 7.15. The molecule has 1 aliphatic rings. The molecule has 0 radical (unpaired) electrons. The number of nitrogens with one attached hydrogen (secondary N) is 1. The molecule has 20 heavy (non-hydrogen) atoms. The zero-order chi connectivity index (χ0) is 14.8. The number of likely N-dealkylation sites (N-methyl/N-ethyl adjacent to an activating group) is 1. The van der Waals surface area contributed by atoms with Gasteiger partial charge in [-0.15, -0.1) is 11.3 Å². The first-order chi connectivity index (χ1) is 9.38. The molecule has 2 heterocycles. The molecule has 5 heteroatoms. The van der Waals surface area contributed by atoms with Crippen LogP contribution in [0.15, 0.2) is 6.20 Å². The first-order valence-corrected chi connectivity index (χ1v) is 8.32. The van der Waals surface area contributed by atoms with Crippen LogP contribution in [0.3, 0.4) is 0 Å². The molecule has 1 aliphatic heterocycles. The zero-order valence-electron chi connectivity index (χ0n) is 13.4. The molecule has 0 saturated carbocycles. The number of hydrogen-bond donors (Lipinski definition) is 1. The molecule has 0 aromatic carbocycles. The average Bonchev–Trinajstić information content (AvgIpc) is 2.81. The summed E-state index contributed by atoms with van der Waals surface area (Å²) < 4.78 is 0. The van der Waals surface area contributed by atoms with Crippen molar-refractivity contribution in [1.29, 1.82) is 0 Å². The third kappa shape index (κ3) is 3.93. The second kappa shape index (κ2) is 6.41. The van der Waals surface area contributed by atoms with Gasteiger partial charge in [-0.25, -0.2) is 4.98 Å². The summed E-state index contributed by atoms with van der Waals surface area (Å²) in [7, 11) is 2.21. The molecule has 1 saturated heterocycles. The van der Waals surface area contributed by atoms with Crippen molar-refractivity contribution in [3.63, 3.8) is 0 Å². The maximum atomic E-state index is 4.61. The van der Waals surface area contributed by atoms with E-state index in [0.29, 0.717) is 5.92 Å². The van der Waals surface area contributed by atoms with E-state index in [0.717, 1.165) is 32.7 Å². The fraction of sp³-hybridized carbons (Fsp3) is 0.800. The van der Waals surface area contributed by atoms with Gasteiger partial charge in [0.05, 0.1) is 0 Å². The van der Waals surface area contributed by atoms with Crippen molar-refractivity contribution in [2.75, 3.05) is 38.1 Å². The monoisotopic (exact) mass is 296 g/mol. The number of thiazole rings is 1. The van der Waals surface area contributed by atoms with E-state index in [1.54, 1.807) is 0 Å². The standard InChI is InChI=1S/C15H28N4S/c1-12(2)8-16-9-13-10-17-14(20-13)19-7-6-18(5)15(3,4)11-19/h10,12,16H,6-9,11H2,1-5H3. The predicted octanol–water partition coefficient (Wildman–Crippen LogP) is 2.42. The molecule has 1 fully saturated rings. The van der Waals surface area contributed by atoms with Crippen molar-refractivity contribution in [2.45, 2.75) is 39.8 Å². The summed E-state index contributed by atoms with van der Waals surface area (Å²) in [5, 5.41) is 4.66. The topological polar surface area (TPSA) is 31.4 Å². The van der Waals surface area contributed by atoms with Gasteiger partial charge in [0.1, 0.15) is 0 Å². The average molecular weight is 296 g/mol. The largest absolute Gasteiger partial charge is 0.345 e. The number of hydrogen-bond acceptors (Lipinski definition) is 5. The Kier molecular flexibility index (Phi) is 5.04. The fourth-order valence-corrected chi connectivity index (χ4v) is 3.32. The van der Waals surface area contributed by atoms with Crippen LogP contribution >= 0.6 is 11.3 Å². The van der Waals surface area contributed by atoms with Gasteiger partial charge in [-0.3, -0.25) is 4.90 Å². The van der Waals surface area contributed by atoms with Crippen LogP contribution in [-0.4, -0.2) is 48.6 Å². The maximum Gasteiger partial charge on any atom is 0.185 e. The number of aromatic nitrogens is 1. The second-order valence-corrected chi connectivity index (χ2v) is 7.88. The highest BCUT2D eigenvalue weighted by Crippen LogP contribution is 2.28. The normalized spacial score (nSPS) is 19.8. The van der Waals surface area contributed by atoms with E-state index in [4.69, 9.17) is 0 Å². The van der Waals surface area contributed by atoms with E-state index in [-0.39, 0.29) is 5.54 Å². The number of nitrogens with zero attached hydrogens (tertiary/aromatic N) is 3. The van der Waals surface area contributed by atoms with Crippen LogP contribution in [0.1, 0.15) is 32.6 Å². The minimum atomic E-state index is 0.222. The van der Waals surface area contributed by atoms with Crippen molar-refractivity contribution >= 4 is 16.5 Å². The lowest BCUT2D eigenvalue weighted by Gasteiger charge is -2.45. The van der Waals surface area contributed by atoms with Gasteiger partial charge in [0, 0.05) is 42.8 Å². The van der Waals surface area contributed by atoms with E-state index >= 15 is 0 Å². The molecule has 1 aromatic rings. The molecule has 0 atom stereocenters. The lowest BCUT2D eigenvalue weighted by molar-refractivity contribution is 0.139. The Balaban J connectivity index is 1.92. The Bertz CT molecular complexity index is 427. The van der Waals surface area contributed by atoms with Crippen LogP contribution in [0.25, 0.3) is 0 Å². The lowest BCUT2D eigenvalue weighted by Crippen LogP contribution is -2.57. The van der Waals surface area contributed by atoms with E-state index in [2.05, 4.69) is 54.8 Å². The molecule has 1 aromatic heterocycles. The van der Waals surface area contributed by atoms with E-state index in [1.807, 2.05) is 17.5 Å². The molecule has 114 valence electrons. The third-order valence-corrected chi connectivity index (χ3v) is 5.04. The van der Waals surface area contributed by atoms with E-state index in [9.17, 15) is 0 Å². The molecule has 0 unspecified atom stereocenters. The quantitative estimate of drug-likeness (QED) is 0.904. The van der Waals surface area contributed by atoms with Crippen LogP contribution in [-0.2, 0) is 6.54 Å². The molecular formula is C15H28N4S. The summed E-state index contributed by atoms with van der Waals surface area (Å²) >= 11 is 1.83. The van der Waals surface area contributed by atoms with Gasteiger partial charge >= 0.3 is 0 Å². The zero-order valence-corrected chi connectivity index (χ0v) is 14.3. The van der Waals surface area contributed by atoms with E-state index in [1.165, 1.54) is 10.0 Å². The number of anilines is 1. The highest BCUT2D eigenvalue weighted by atomic mass is 32.1. The summed E-state index contributed by atoms with van der Waals surface area (Å²) in [4.78, 5) is 10.8. The Labute approximate surface area is 127 Å². The number of rotatable bonds is 5. The molecule has 1 N–H and O–H groups in total. The second-order valence-electron chi connectivity index (χ2n) is 6.79. The van der Waals surface area contributed by atoms with Crippen LogP contribution in [0.4, 0.5) is 5.13 Å². The Morgan fingerprint density at radius 2 is 2.15 bits per heavy atom. The fourth-order valence-electron chi connectivity index (χ4n) is 2.41. The van der Waals surface area contributed by atoms with Gasteiger partial charge in [0.15, 0.2) is 5.13 Å². The Morgan fingerprint density at radius 1 is 1.40 bits per heavy atom. The molecule has 0 aliphatic carbocycles. The first-order valence-electron chi connectivity index (χ1n) is 7.50. The third-order valence-electron chi connectivity index (χ3n) is 3.98. The summed E-state index contributed by atoms with van der Waals surface area (Å²) in [6.45, 7) is 14.3. The van der Waals surface area contributed by atoms with Crippen LogP contribution in [0, 0.1) is 5.92 Å². The van der Waals surface area contributed by atoms with Gasteiger partial charge in [-0.05, 0) is 33.4 Å². The van der Waals surface area contributed by atoms with Gasteiger partial charge in [-0.1, -0.05) is 13.8 Å². The minimum Gasteiger partial charge on any atom is -0.345 e. The lowest BCUT2D eigenvalue weighted by atomic mass is 10.0. The summed E-state index contributed by atoms with van der Waals surface area (Å²) in [6.07, 6.45) is 2.03. The van der Waals surface area contributed by atoms with Gasteiger partial charge in [0.2, 0.25) is 0 Å². The first kappa shape index (κ1) is 15.7. The summed E-state index contributed by atoms with van der Waals surface area (Å²) in [6, 6.07) is 0. The summed E-state index contributed by atoms with van der Waals surface area (Å²) in [5.74, 6) is 0.695. The molecule has 0 spiro atoms. The minimum absolute atomic E-state index is 0.222. The van der Waals surface area contributed by atoms with Crippen molar-refractivity contribution in [1.82, 2.24) is 15.2 Å². The van der Waals surface area contributed by atoms with Gasteiger partial charge in [-0.2, -0.15) is 0 Å². The van der Waals surface area contributed by atoms with Crippen molar-refractivity contribution in [3.05, 3.63) is 11.1 Å². The molecule has 0 amide bonds. The predicted molar refractivity (Wildman–Crippen MR) is 87.6 cm³/mol. The van der Waals surface area contributed by atoms with Crippen LogP contribution in [0.5, 0.6) is 0 Å². The maximum absolute atomic E-state index is 4.61. The smallest absolute Gasteiger partial charge is 0.185 e.